The van der Waals surface area contributed by atoms with Crippen molar-refractivity contribution >= 4 is 17.3 Å². The maximum absolute atomic E-state index is 6.68. The summed E-state index contributed by atoms with van der Waals surface area (Å²) in [6.45, 7) is 0. The molecule has 7 rings (SSSR count). The SMILES string of the molecule is Nc1ccc(-c2cccc3c2Oc2ccc(Cl)cc2C32c3ccccc3-c3ccccc32)cc1. The van der Waals surface area contributed by atoms with Gasteiger partial charge in [0.25, 0.3) is 0 Å². The Labute approximate surface area is 203 Å². The number of benzene rings is 5. The van der Waals surface area contributed by atoms with E-state index in [1.54, 1.807) is 0 Å². The van der Waals surface area contributed by atoms with Gasteiger partial charge >= 0.3 is 0 Å². The van der Waals surface area contributed by atoms with E-state index in [2.05, 4.69) is 84.9 Å². The first kappa shape index (κ1) is 19.5. The van der Waals surface area contributed by atoms with Crippen LogP contribution in [0.25, 0.3) is 22.3 Å². The predicted molar refractivity (Wildman–Crippen MR) is 139 cm³/mol. The lowest BCUT2D eigenvalue weighted by atomic mass is 9.65. The molecule has 0 unspecified atom stereocenters. The largest absolute Gasteiger partial charge is 0.456 e. The summed E-state index contributed by atoms with van der Waals surface area (Å²) in [6.07, 6.45) is 0. The molecule has 1 aliphatic carbocycles. The number of hydrogen-bond acceptors (Lipinski definition) is 2. The number of nitrogen functional groups attached to an aromatic ring is 1. The van der Waals surface area contributed by atoms with Crippen molar-refractivity contribution < 1.29 is 4.74 Å². The van der Waals surface area contributed by atoms with E-state index in [-0.39, 0.29) is 0 Å². The van der Waals surface area contributed by atoms with Gasteiger partial charge in [-0.25, -0.2) is 0 Å². The van der Waals surface area contributed by atoms with Crippen molar-refractivity contribution in [1.82, 2.24) is 0 Å². The van der Waals surface area contributed by atoms with Crippen LogP contribution in [0.15, 0.2) is 109 Å². The molecule has 2 aliphatic rings. The normalized spacial score (nSPS) is 14.0. The fourth-order valence-electron chi connectivity index (χ4n) is 5.79. The number of ether oxygens (including phenoxy) is 1. The van der Waals surface area contributed by atoms with Crippen LogP contribution in [0.1, 0.15) is 22.3 Å². The van der Waals surface area contributed by atoms with Crippen LogP contribution in [0.2, 0.25) is 5.02 Å². The fourth-order valence-corrected chi connectivity index (χ4v) is 5.96. The first-order valence-electron chi connectivity index (χ1n) is 11.3. The van der Waals surface area contributed by atoms with E-state index in [0.717, 1.165) is 39.4 Å². The maximum atomic E-state index is 6.68. The van der Waals surface area contributed by atoms with Gasteiger partial charge in [-0.05, 0) is 58.1 Å². The Kier molecular flexibility index (Phi) is 4.00. The highest BCUT2D eigenvalue weighted by atomic mass is 35.5. The summed E-state index contributed by atoms with van der Waals surface area (Å²) in [6, 6.07) is 37.7. The standard InChI is InChI=1S/C31H20ClNO/c32-20-14-17-29-28(18-20)31(25-9-3-1-6-23(25)24-7-2-4-10-26(24)31)27-11-5-8-22(30(27)34-29)19-12-15-21(33)16-13-19/h1-18H,33H2. The van der Waals surface area contributed by atoms with Gasteiger partial charge in [0.15, 0.2) is 0 Å². The van der Waals surface area contributed by atoms with Gasteiger partial charge in [-0.2, -0.15) is 0 Å². The molecule has 0 atom stereocenters. The average Bonchev–Trinajstić information content (AvgIpc) is 3.16. The maximum Gasteiger partial charge on any atom is 0.140 e. The molecule has 1 heterocycles. The molecule has 5 aromatic carbocycles. The molecule has 2 N–H and O–H groups in total. The Morgan fingerprint density at radius 2 is 1.21 bits per heavy atom. The summed E-state index contributed by atoms with van der Waals surface area (Å²) in [5.74, 6) is 1.69. The van der Waals surface area contributed by atoms with E-state index in [9.17, 15) is 0 Å². The lowest BCUT2D eigenvalue weighted by molar-refractivity contribution is 0.438. The van der Waals surface area contributed by atoms with Crippen molar-refractivity contribution in [2.45, 2.75) is 5.41 Å². The van der Waals surface area contributed by atoms with Crippen molar-refractivity contribution in [3.63, 3.8) is 0 Å². The topological polar surface area (TPSA) is 35.2 Å². The molecule has 3 heteroatoms. The Hall–Kier alpha value is -4.01. The van der Waals surface area contributed by atoms with Crippen molar-refractivity contribution in [1.29, 1.82) is 0 Å². The van der Waals surface area contributed by atoms with Crippen molar-refractivity contribution in [2.24, 2.45) is 0 Å². The highest BCUT2D eigenvalue weighted by molar-refractivity contribution is 6.30. The zero-order chi connectivity index (χ0) is 22.9. The number of nitrogens with two attached hydrogens (primary N) is 1. The molecule has 0 saturated heterocycles. The molecule has 0 amide bonds. The molecule has 34 heavy (non-hydrogen) atoms. The smallest absolute Gasteiger partial charge is 0.140 e. The molecule has 0 aromatic heterocycles. The summed E-state index contributed by atoms with van der Waals surface area (Å²) in [5, 5.41) is 0.696. The Balaban J connectivity index is 1.64. The van der Waals surface area contributed by atoms with Gasteiger partial charge < -0.3 is 10.5 Å². The lowest BCUT2D eigenvalue weighted by Gasteiger charge is -2.40. The van der Waals surface area contributed by atoms with E-state index in [0.29, 0.717) is 5.02 Å². The van der Waals surface area contributed by atoms with E-state index < -0.39 is 5.41 Å². The minimum Gasteiger partial charge on any atom is -0.456 e. The van der Waals surface area contributed by atoms with Crippen LogP contribution in [-0.4, -0.2) is 0 Å². The van der Waals surface area contributed by atoms with Crippen LogP contribution in [-0.2, 0) is 5.41 Å². The quantitative estimate of drug-likeness (QED) is 0.253. The highest BCUT2D eigenvalue weighted by Gasteiger charge is 2.51. The molecule has 1 spiro atoms. The van der Waals surface area contributed by atoms with Gasteiger partial charge in [0.1, 0.15) is 11.5 Å². The number of anilines is 1. The number of halogens is 1. The second-order valence-corrected chi connectivity index (χ2v) is 9.32. The van der Waals surface area contributed by atoms with Gasteiger partial charge in [0, 0.05) is 27.4 Å². The summed E-state index contributed by atoms with van der Waals surface area (Å²) >= 11 is 6.59. The molecule has 0 bridgehead atoms. The van der Waals surface area contributed by atoms with E-state index in [4.69, 9.17) is 22.1 Å². The number of fused-ring (bicyclic) bond motifs is 9. The summed E-state index contributed by atoms with van der Waals surface area (Å²) in [7, 11) is 0. The second kappa shape index (κ2) is 6.99. The first-order chi connectivity index (χ1) is 16.7. The molecule has 0 radical (unpaired) electrons. The summed E-state index contributed by atoms with van der Waals surface area (Å²) in [4.78, 5) is 0. The zero-order valence-corrected chi connectivity index (χ0v) is 19.0. The van der Waals surface area contributed by atoms with Gasteiger partial charge in [-0.15, -0.1) is 0 Å². The monoisotopic (exact) mass is 457 g/mol. The van der Waals surface area contributed by atoms with E-state index in [1.165, 1.54) is 22.3 Å². The summed E-state index contributed by atoms with van der Waals surface area (Å²) < 4.78 is 6.68. The molecule has 162 valence electrons. The van der Waals surface area contributed by atoms with Crippen LogP contribution in [0.4, 0.5) is 5.69 Å². The second-order valence-electron chi connectivity index (χ2n) is 8.89. The number of hydrogen-bond donors (Lipinski definition) is 1. The van der Waals surface area contributed by atoms with Crippen LogP contribution in [0.3, 0.4) is 0 Å². The Morgan fingerprint density at radius 3 is 1.91 bits per heavy atom. The first-order valence-corrected chi connectivity index (χ1v) is 11.7. The minimum atomic E-state index is -0.523. The van der Waals surface area contributed by atoms with Crippen LogP contribution in [0.5, 0.6) is 11.5 Å². The van der Waals surface area contributed by atoms with Crippen molar-refractivity contribution in [3.05, 3.63) is 136 Å². The third-order valence-corrected chi connectivity index (χ3v) is 7.39. The third kappa shape index (κ3) is 2.46. The van der Waals surface area contributed by atoms with Gasteiger partial charge in [-0.3, -0.25) is 0 Å². The predicted octanol–water partition coefficient (Wildman–Crippen LogP) is 8.06. The Morgan fingerprint density at radius 1 is 0.588 bits per heavy atom. The fraction of sp³-hybridized carbons (Fsp3) is 0.0323. The third-order valence-electron chi connectivity index (χ3n) is 7.15. The highest BCUT2D eigenvalue weighted by Crippen LogP contribution is 2.63. The average molecular weight is 458 g/mol. The molecule has 0 fully saturated rings. The van der Waals surface area contributed by atoms with E-state index >= 15 is 0 Å². The van der Waals surface area contributed by atoms with Gasteiger partial charge in [0.2, 0.25) is 0 Å². The van der Waals surface area contributed by atoms with E-state index in [1.807, 2.05) is 24.3 Å². The van der Waals surface area contributed by atoms with Crippen LogP contribution < -0.4 is 10.5 Å². The minimum absolute atomic E-state index is 0.523. The van der Waals surface area contributed by atoms with Crippen molar-refractivity contribution in [2.75, 3.05) is 5.73 Å². The summed E-state index contributed by atoms with van der Waals surface area (Å²) in [5.41, 5.74) is 15.5. The zero-order valence-electron chi connectivity index (χ0n) is 18.3. The molecule has 2 nitrogen and oxygen atoms in total. The lowest BCUT2D eigenvalue weighted by Crippen LogP contribution is -2.32. The molecule has 0 saturated carbocycles. The van der Waals surface area contributed by atoms with Crippen molar-refractivity contribution in [3.8, 4) is 33.8 Å². The van der Waals surface area contributed by atoms with Gasteiger partial charge in [0.05, 0.1) is 5.41 Å². The number of para-hydroxylation sites is 1. The molecular formula is C31H20ClNO. The van der Waals surface area contributed by atoms with Crippen LogP contribution in [0, 0.1) is 0 Å². The number of rotatable bonds is 1. The molecule has 1 aliphatic heterocycles. The molecular weight excluding hydrogens is 438 g/mol. The van der Waals surface area contributed by atoms with Crippen LogP contribution >= 0.6 is 11.6 Å². The Bertz CT molecular complexity index is 1560. The molecule has 5 aromatic rings. The van der Waals surface area contributed by atoms with Gasteiger partial charge in [-0.1, -0.05) is 90.5 Å².